The first-order valence-electron chi connectivity index (χ1n) is 10.1. The molecule has 1 aliphatic carbocycles. The highest BCUT2D eigenvalue weighted by Gasteiger charge is 2.31. The predicted octanol–water partition coefficient (Wildman–Crippen LogP) is 2.24. The van der Waals surface area contributed by atoms with Crippen molar-refractivity contribution in [3.8, 4) is 0 Å². The van der Waals surface area contributed by atoms with Crippen molar-refractivity contribution in [3.05, 3.63) is 36.2 Å². The number of nitrogens with zero attached hydrogens (tertiary/aromatic N) is 4. The standard InChI is InChI=1S/C21H27N5O2/c1-15(27)22-10-12-26-21-18(7-4-9-23-21)20(24-26)17-8-11-25(14-17)19(28)13-16-5-2-3-6-16/h2,4-5,7,9,16-17H,3,6,8,10-14H2,1H3,(H,22,27)/t16-,17-/m0/s1. The van der Waals surface area contributed by atoms with E-state index in [1.807, 2.05) is 21.7 Å². The number of aromatic nitrogens is 3. The Balaban J connectivity index is 1.47. The lowest BCUT2D eigenvalue weighted by Crippen LogP contribution is -2.29. The fraction of sp³-hybridized carbons (Fsp3) is 0.524. The average molecular weight is 381 g/mol. The van der Waals surface area contributed by atoms with E-state index in [1.54, 1.807) is 6.20 Å². The minimum atomic E-state index is -0.0494. The maximum atomic E-state index is 12.7. The summed E-state index contributed by atoms with van der Waals surface area (Å²) in [6, 6.07) is 3.98. The van der Waals surface area contributed by atoms with Gasteiger partial charge in [0.15, 0.2) is 5.65 Å². The van der Waals surface area contributed by atoms with Gasteiger partial charge >= 0.3 is 0 Å². The van der Waals surface area contributed by atoms with Gasteiger partial charge in [-0.2, -0.15) is 5.10 Å². The predicted molar refractivity (Wildman–Crippen MR) is 107 cm³/mol. The van der Waals surface area contributed by atoms with E-state index in [4.69, 9.17) is 5.10 Å². The lowest BCUT2D eigenvalue weighted by Gasteiger charge is -2.18. The molecule has 7 nitrogen and oxygen atoms in total. The van der Waals surface area contributed by atoms with E-state index in [9.17, 15) is 9.59 Å². The number of pyridine rings is 1. The Bertz CT molecular complexity index is 903. The molecule has 1 saturated heterocycles. The summed E-state index contributed by atoms with van der Waals surface area (Å²) in [4.78, 5) is 30.3. The number of hydrogen-bond acceptors (Lipinski definition) is 4. The second-order valence-electron chi connectivity index (χ2n) is 7.76. The van der Waals surface area contributed by atoms with E-state index in [2.05, 4.69) is 22.5 Å². The fourth-order valence-electron chi connectivity index (χ4n) is 4.26. The average Bonchev–Trinajstić information content (AvgIpc) is 3.41. The first kappa shape index (κ1) is 18.7. The van der Waals surface area contributed by atoms with Crippen LogP contribution in [0.5, 0.6) is 0 Å². The molecule has 2 aliphatic rings. The van der Waals surface area contributed by atoms with Gasteiger partial charge in [-0.15, -0.1) is 0 Å². The Morgan fingerprint density at radius 3 is 3.00 bits per heavy atom. The second kappa shape index (κ2) is 8.12. The molecule has 7 heteroatoms. The van der Waals surface area contributed by atoms with Crippen molar-refractivity contribution in [2.75, 3.05) is 19.6 Å². The van der Waals surface area contributed by atoms with E-state index in [1.165, 1.54) is 6.92 Å². The Hall–Kier alpha value is -2.70. The number of likely N-dealkylation sites (tertiary alicyclic amines) is 1. The molecule has 0 spiro atoms. The van der Waals surface area contributed by atoms with Gasteiger partial charge in [-0.1, -0.05) is 12.2 Å². The number of fused-ring (bicyclic) bond motifs is 1. The number of carbonyl (C=O) groups excluding carboxylic acids is 2. The van der Waals surface area contributed by atoms with Crippen molar-refractivity contribution in [1.82, 2.24) is 25.0 Å². The van der Waals surface area contributed by atoms with Crippen LogP contribution in [0.4, 0.5) is 0 Å². The molecular formula is C21H27N5O2. The van der Waals surface area contributed by atoms with Crippen LogP contribution in [-0.2, 0) is 16.1 Å². The summed E-state index contributed by atoms with van der Waals surface area (Å²) >= 11 is 0. The fourth-order valence-corrected chi connectivity index (χ4v) is 4.26. The van der Waals surface area contributed by atoms with Crippen LogP contribution in [0.3, 0.4) is 0 Å². The van der Waals surface area contributed by atoms with E-state index in [0.717, 1.165) is 49.1 Å². The van der Waals surface area contributed by atoms with Crippen LogP contribution in [0.2, 0.25) is 0 Å². The van der Waals surface area contributed by atoms with Gasteiger partial charge in [-0.25, -0.2) is 9.67 Å². The monoisotopic (exact) mass is 381 g/mol. The van der Waals surface area contributed by atoms with Crippen molar-refractivity contribution in [2.24, 2.45) is 5.92 Å². The minimum absolute atomic E-state index is 0.0494. The highest BCUT2D eigenvalue weighted by Crippen LogP contribution is 2.32. The number of rotatable bonds is 6. The molecule has 2 atom stereocenters. The molecule has 2 aromatic rings. The van der Waals surface area contributed by atoms with Crippen LogP contribution in [0, 0.1) is 5.92 Å². The first-order valence-corrected chi connectivity index (χ1v) is 10.1. The lowest BCUT2D eigenvalue weighted by molar-refractivity contribution is -0.130. The van der Waals surface area contributed by atoms with Gasteiger partial charge in [-0.05, 0) is 37.3 Å². The molecule has 2 aromatic heterocycles. The topological polar surface area (TPSA) is 80.1 Å². The van der Waals surface area contributed by atoms with Gasteiger partial charge in [0.25, 0.3) is 0 Å². The zero-order chi connectivity index (χ0) is 19.5. The molecule has 28 heavy (non-hydrogen) atoms. The second-order valence-corrected chi connectivity index (χ2v) is 7.76. The number of carbonyl (C=O) groups is 2. The number of nitrogens with one attached hydrogen (secondary N) is 1. The van der Waals surface area contributed by atoms with Gasteiger partial charge in [0.1, 0.15) is 0 Å². The van der Waals surface area contributed by atoms with Crippen molar-refractivity contribution < 1.29 is 9.59 Å². The molecule has 1 fully saturated rings. The van der Waals surface area contributed by atoms with Gasteiger partial charge in [0, 0.05) is 50.5 Å². The largest absolute Gasteiger partial charge is 0.354 e. The number of amides is 2. The summed E-state index contributed by atoms with van der Waals surface area (Å²) in [5.74, 6) is 0.847. The summed E-state index contributed by atoms with van der Waals surface area (Å²) in [5, 5.41) is 8.67. The maximum Gasteiger partial charge on any atom is 0.223 e. The van der Waals surface area contributed by atoms with E-state index in [-0.39, 0.29) is 17.7 Å². The molecule has 0 aromatic carbocycles. The molecule has 3 heterocycles. The molecule has 1 aliphatic heterocycles. The molecule has 2 amide bonds. The lowest BCUT2D eigenvalue weighted by atomic mass is 10.0. The molecule has 1 N–H and O–H groups in total. The third kappa shape index (κ3) is 3.93. The van der Waals surface area contributed by atoms with Gasteiger partial charge in [0.2, 0.25) is 11.8 Å². The zero-order valence-electron chi connectivity index (χ0n) is 16.3. The van der Waals surface area contributed by atoms with Gasteiger partial charge < -0.3 is 10.2 Å². The summed E-state index contributed by atoms with van der Waals surface area (Å²) in [6.07, 6.45) is 9.87. The quantitative estimate of drug-likeness (QED) is 0.778. The van der Waals surface area contributed by atoms with Crippen molar-refractivity contribution in [3.63, 3.8) is 0 Å². The van der Waals surface area contributed by atoms with Crippen LogP contribution in [0.25, 0.3) is 11.0 Å². The number of hydrogen-bond donors (Lipinski definition) is 1. The summed E-state index contributed by atoms with van der Waals surface area (Å²) in [5.41, 5.74) is 1.85. The third-order valence-corrected chi connectivity index (χ3v) is 5.71. The number of allylic oxidation sites excluding steroid dienone is 2. The minimum Gasteiger partial charge on any atom is -0.354 e. The smallest absolute Gasteiger partial charge is 0.223 e. The normalized spacial score (nSPS) is 21.5. The molecule has 0 bridgehead atoms. The van der Waals surface area contributed by atoms with Crippen molar-refractivity contribution in [2.45, 2.75) is 45.1 Å². The summed E-state index contributed by atoms with van der Waals surface area (Å²) < 4.78 is 1.87. The summed E-state index contributed by atoms with van der Waals surface area (Å²) in [7, 11) is 0. The molecule has 148 valence electrons. The Labute approximate surface area is 164 Å². The van der Waals surface area contributed by atoms with Crippen LogP contribution >= 0.6 is 0 Å². The molecule has 0 unspecified atom stereocenters. The van der Waals surface area contributed by atoms with Crippen LogP contribution in [0.1, 0.15) is 44.2 Å². The molecule has 0 radical (unpaired) electrons. The van der Waals surface area contributed by atoms with E-state index >= 15 is 0 Å². The van der Waals surface area contributed by atoms with Crippen molar-refractivity contribution >= 4 is 22.8 Å². The third-order valence-electron chi connectivity index (χ3n) is 5.71. The highest BCUT2D eigenvalue weighted by molar-refractivity contribution is 5.80. The Morgan fingerprint density at radius 1 is 1.32 bits per heavy atom. The first-order chi connectivity index (χ1) is 13.6. The highest BCUT2D eigenvalue weighted by atomic mass is 16.2. The summed E-state index contributed by atoms with van der Waals surface area (Å²) in [6.45, 7) is 4.13. The Morgan fingerprint density at radius 2 is 2.21 bits per heavy atom. The van der Waals surface area contributed by atoms with Gasteiger partial charge in [0.05, 0.1) is 12.2 Å². The van der Waals surface area contributed by atoms with Crippen LogP contribution < -0.4 is 5.32 Å². The Kier molecular flexibility index (Phi) is 5.41. The molecular weight excluding hydrogens is 354 g/mol. The van der Waals surface area contributed by atoms with Gasteiger partial charge in [-0.3, -0.25) is 9.59 Å². The zero-order valence-corrected chi connectivity index (χ0v) is 16.3. The van der Waals surface area contributed by atoms with Crippen molar-refractivity contribution in [1.29, 1.82) is 0 Å². The SMILES string of the molecule is CC(=O)NCCn1nc([C@H]2CCN(C(=O)C[C@H]3C=CCC3)C2)c2cccnc21. The molecule has 0 saturated carbocycles. The van der Waals surface area contributed by atoms with Crippen LogP contribution in [0.15, 0.2) is 30.5 Å². The molecule has 4 rings (SSSR count). The van der Waals surface area contributed by atoms with E-state index < -0.39 is 0 Å². The van der Waals surface area contributed by atoms with Crippen LogP contribution in [-0.4, -0.2) is 51.1 Å². The van der Waals surface area contributed by atoms with E-state index in [0.29, 0.717) is 25.4 Å². The maximum absolute atomic E-state index is 12.7.